The number of carbonyl (C=O) groups excluding carboxylic acids is 6. The summed E-state index contributed by atoms with van der Waals surface area (Å²) >= 11 is 0. The number of aryl methyl sites for hydroxylation is 5. The predicted octanol–water partition coefficient (Wildman–Crippen LogP) is 8.67. The van der Waals surface area contributed by atoms with E-state index in [-0.39, 0.29) is 88.9 Å². The molecule has 0 aliphatic heterocycles. The lowest BCUT2D eigenvalue weighted by Gasteiger charge is -2.10. The van der Waals surface area contributed by atoms with Gasteiger partial charge in [-0.3, -0.25) is 33.4 Å². The number of hydrogen-bond donors (Lipinski definition) is 0. The van der Waals surface area contributed by atoms with Gasteiger partial charge in [0.15, 0.2) is 34.7 Å². The molecule has 9 heterocycles. The van der Waals surface area contributed by atoms with E-state index in [9.17, 15) is 28.8 Å². The molecule has 0 fully saturated rings. The number of pyridine rings is 3. The first-order valence-corrected chi connectivity index (χ1v) is 29.2. The van der Waals surface area contributed by atoms with E-state index >= 15 is 0 Å². The van der Waals surface area contributed by atoms with Gasteiger partial charge in [0.05, 0.1) is 82.2 Å². The summed E-state index contributed by atoms with van der Waals surface area (Å²) in [5.74, 6) is -1.21. The molecule has 3 aliphatic rings. The topological polar surface area (TPSA) is 310 Å². The van der Waals surface area contributed by atoms with Gasteiger partial charge in [0.25, 0.3) is 0 Å². The van der Waals surface area contributed by atoms with Crippen LogP contribution in [0.2, 0.25) is 0 Å². The zero-order valence-electron chi connectivity index (χ0n) is 50.7. The summed E-state index contributed by atoms with van der Waals surface area (Å²) in [6, 6.07) is 27.5. The molecular weight excluding hydrogens is 1170 g/mol. The fourth-order valence-electron chi connectivity index (χ4n) is 11.6. The number of benzene rings is 1. The van der Waals surface area contributed by atoms with Gasteiger partial charge in [0.1, 0.15) is 16.9 Å². The molecule has 9 aromatic heterocycles. The molecule has 0 atom stereocenters. The largest absolute Gasteiger partial charge is 0.480 e. The maximum Gasteiger partial charge on any atom is 0.319 e. The van der Waals surface area contributed by atoms with Crippen molar-refractivity contribution in [1.82, 2.24) is 58.4 Å². The fourth-order valence-corrected chi connectivity index (χ4v) is 11.6. The van der Waals surface area contributed by atoms with Gasteiger partial charge >= 0.3 is 12.0 Å². The highest BCUT2D eigenvalue weighted by Gasteiger charge is 2.39. The lowest BCUT2D eigenvalue weighted by Crippen LogP contribution is -2.03. The number of rotatable bonds is 19. The summed E-state index contributed by atoms with van der Waals surface area (Å²) in [6.45, 7) is 1.87. The third-order valence-corrected chi connectivity index (χ3v) is 15.7. The third-order valence-electron chi connectivity index (χ3n) is 15.7. The molecule has 13 rings (SSSR count). The summed E-state index contributed by atoms with van der Waals surface area (Å²) < 4.78 is 28.4. The molecule has 0 N–H and O–H groups in total. The Bertz CT molecular complexity index is 4800. The number of hydrogen-bond acceptors (Lipinski definition) is 20. The van der Waals surface area contributed by atoms with E-state index in [1.807, 2.05) is 80.8 Å². The van der Waals surface area contributed by atoms with Crippen molar-refractivity contribution in [2.45, 2.75) is 71.0 Å². The van der Waals surface area contributed by atoms with Crippen LogP contribution in [0.1, 0.15) is 84.0 Å². The summed E-state index contributed by atoms with van der Waals surface area (Å²) in [7, 11) is 7.53. The third kappa shape index (κ3) is 12.2. The molecule has 0 spiro atoms. The number of unbranched alkanes of at least 4 members (excludes halogenated alkanes) is 2. The molecule has 460 valence electrons. The molecule has 0 amide bonds. The Morgan fingerprint density at radius 1 is 0.457 bits per heavy atom. The molecule has 0 bridgehead atoms. The van der Waals surface area contributed by atoms with Crippen LogP contribution in [0.5, 0.6) is 23.8 Å². The molecule has 24 heteroatoms. The van der Waals surface area contributed by atoms with Crippen LogP contribution in [0.25, 0.3) is 66.5 Å². The van der Waals surface area contributed by atoms with Crippen molar-refractivity contribution in [3.8, 4) is 35.9 Å². The van der Waals surface area contributed by atoms with Crippen LogP contribution in [0.4, 0.5) is 0 Å². The van der Waals surface area contributed by atoms with Crippen molar-refractivity contribution in [3.05, 3.63) is 168 Å². The minimum atomic E-state index is -0.318. The monoisotopic (exact) mass is 1230 g/mol. The van der Waals surface area contributed by atoms with Gasteiger partial charge in [0, 0.05) is 156 Å². The molecule has 1 aromatic carbocycles. The predicted molar refractivity (Wildman–Crippen MR) is 337 cm³/mol. The number of aromatic nitrogens is 12. The minimum absolute atomic E-state index is 0.0952. The Balaban J connectivity index is 0.000000142. The van der Waals surface area contributed by atoms with Gasteiger partial charge in [-0.25, -0.2) is 24.9 Å². The number of Topliss-reactive ketones (excluding diaryl/α,β-unsaturated/α-hetero) is 6. The number of allylic oxidation sites excluding steroid dienone is 6. The minimum Gasteiger partial charge on any atom is -0.480 e. The van der Waals surface area contributed by atoms with Gasteiger partial charge in [-0.05, 0) is 67.3 Å². The zero-order chi connectivity index (χ0) is 64.6. The van der Waals surface area contributed by atoms with Crippen LogP contribution >= 0.6 is 0 Å². The fraction of sp³-hybridized carbons (Fsp3) is 0.235. The van der Waals surface area contributed by atoms with Crippen molar-refractivity contribution >= 4 is 101 Å². The maximum atomic E-state index is 13.1. The highest BCUT2D eigenvalue weighted by Crippen LogP contribution is 2.44. The van der Waals surface area contributed by atoms with E-state index in [0.29, 0.717) is 107 Å². The number of ketones is 6. The number of methoxy groups -OCH3 is 4. The smallest absolute Gasteiger partial charge is 0.319 e. The molecule has 3 aliphatic carbocycles. The normalized spacial score (nSPS) is 13.9. The Morgan fingerprint density at radius 2 is 0.848 bits per heavy atom. The van der Waals surface area contributed by atoms with E-state index in [1.54, 1.807) is 48.6 Å². The van der Waals surface area contributed by atoms with E-state index in [1.165, 1.54) is 46.4 Å². The van der Waals surface area contributed by atoms with Crippen LogP contribution in [-0.4, -0.2) is 122 Å². The molecule has 0 saturated heterocycles. The van der Waals surface area contributed by atoms with Gasteiger partial charge in [-0.1, -0.05) is 30.3 Å². The second-order valence-electron chi connectivity index (χ2n) is 21.3. The Labute approximate surface area is 525 Å². The summed E-state index contributed by atoms with van der Waals surface area (Å²) in [5, 5.41) is 24.3. The number of nitrogens with zero attached hydrogens (tertiary/aromatic N) is 14. The average Bonchev–Trinajstić information content (AvgIpc) is 1.61. The quantitative estimate of drug-likeness (QED) is 0.0540. The Kier molecular flexibility index (Phi) is 18.3. The number of fused-ring (bicyclic) bond motifs is 3. The first-order valence-electron chi connectivity index (χ1n) is 29.2. The molecule has 24 nitrogen and oxygen atoms in total. The van der Waals surface area contributed by atoms with Crippen LogP contribution in [0, 0.1) is 22.7 Å². The number of carbonyl (C=O) groups is 6. The number of ether oxygens (including phenoxy) is 4. The van der Waals surface area contributed by atoms with Crippen LogP contribution in [0.15, 0.2) is 129 Å². The van der Waals surface area contributed by atoms with Gasteiger partial charge < -0.3 is 32.6 Å². The first kappa shape index (κ1) is 61.7. The lowest BCUT2D eigenvalue weighted by molar-refractivity contribution is -0.121. The molecular formula is C68H58N14O10. The second kappa shape index (κ2) is 27.2. The van der Waals surface area contributed by atoms with E-state index in [2.05, 4.69) is 64.3 Å². The van der Waals surface area contributed by atoms with Crippen molar-refractivity contribution in [2.24, 2.45) is 7.05 Å². The lowest BCUT2D eigenvalue weighted by atomic mass is 9.97. The Hall–Kier alpha value is -11.9. The summed E-state index contributed by atoms with van der Waals surface area (Å²) in [5.41, 5.74) is 8.50. The molecule has 92 heavy (non-hydrogen) atoms. The summed E-state index contributed by atoms with van der Waals surface area (Å²) in [6.07, 6.45) is 17.7. The zero-order valence-corrected chi connectivity index (χ0v) is 50.7. The van der Waals surface area contributed by atoms with E-state index in [0.717, 1.165) is 33.9 Å². The molecule has 0 saturated carbocycles. The van der Waals surface area contributed by atoms with Crippen molar-refractivity contribution in [2.75, 3.05) is 28.4 Å². The molecule has 0 radical (unpaired) electrons. The summed E-state index contributed by atoms with van der Waals surface area (Å²) in [4.78, 5) is 107. The van der Waals surface area contributed by atoms with Gasteiger partial charge in [-0.15, -0.1) is 0 Å². The van der Waals surface area contributed by atoms with Crippen molar-refractivity contribution in [1.29, 1.82) is 10.5 Å². The van der Waals surface area contributed by atoms with Crippen LogP contribution in [-0.2, 0) is 61.9 Å². The highest BCUT2D eigenvalue weighted by atomic mass is 16.5. The van der Waals surface area contributed by atoms with Gasteiger partial charge in [0.2, 0.25) is 11.8 Å². The number of nitriles is 2. The van der Waals surface area contributed by atoms with Crippen molar-refractivity contribution < 1.29 is 47.7 Å². The standard InChI is InChI=1S/C26H22N4O4.C22H19N5O4.C20H17N5O2/c1-33-25-18(14-28-26(29-25)34-2)22-20(31)13-21(32)23(22)19-15-30(24-17(19)9-6-11-27-24)12-10-16-7-4-3-5-8-16;1-30-21-14(11-25-22(26-21)31-2)18-16(28)10-17(29)19(18)15-12-27(9-4-3-7-23)20-13(15)6-5-8-24-20;1-24-10-6-15(23-24)19-17(27)11-16(26)18(19)14-12-25(9-3-2-7-21)20-13(14)5-4-8-22-20/h3-9,11,14-15H,10,12-13H2,1-2H3;5-6,8,11-12H,3-4,9-10H2,1-2H3;4-6,8,10,12H,2-3,9,11H2,1H3. The maximum absolute atomic E-state index is 13.1. The Morgan fingerprint density at radius 3 is 1.23 bits per heavy atom. The van der Waals surface area contributed by atoms with Crippen molar-refractivity contribution in [3.63, 3.8) is 0 Å². The first-order chi connectivity index (χ1) is 44.8. The SMILES string of the molecule is COc1ncc(C2=C(c3cn(CCCC#N)c4ncccc34)C(=O)CC2=O)c(OC)n1.COc1ncc(C2=C(c3cn(CCc4ccccc4)c4ncccc34)C(=O)CC2=O)c(OC)n1.Cn1ccc(C2=C(c3cn(CCCC#N)c4ncccc34)C(=O)CC2=O)n1. The average molecular weight is 1230 g/mol. The molecule has 0 unspecified atom stereocenters. The van der Waals surface area contributed by atoms with E-state index in [4.69, 9.17) is 29.5 Å². The van der Waals surface area contributed by atoms with E-state index < -0.39 is 0 Å². The highest BCUT2D eigenvalue weighted by molar-refractivity contribution is 6.53. The molecule has 10 aromatic rings. The van der Waals surface area contributed by atoms with Crippen LogP contribution < -0.4 is 18.9 Å². The van der Waals surface area contributed by atoms with Crippen LogP contribution in [0.3, 0.4) is 0 Å². The van der Waals surface area contributed by atoms with Gasteiger partial charge in [-0.2, -0.15) is 25.6 Å². The second-order valence-corrected chi connectivity index (χ2v) is 21.3.